The average Bonchev–Trinajstić information content (AvgIpc) is 3.02. The van der Waals surface area contributed by atoms with Crippen LogP contribution in [0, 0.1) is 0 Å². The minimum Gasteiger partial charge on any atom is -0.377 e. The Balaban J connectivity index is 1.48. The van der Waals surface area contributed by atoms with Crippen LogP contribution in [0.25, 0.3) is 0 Å². The Hall–Kier alpha value is -0.120. The second-order valence-electron chi connectivity index (χ2n) is 5.46. The lowest BCUT2D eigenvalue weighted by Gasteiger charge is -2.23. The van der Waals surface area contributed by atoms with Crippen molar-refractivity contribution in [3.63, 3.8) is 0 Å². The predicted molar refractivity (Wildman–Crippen MR) is 71.3 cm³/mol. The van der Waals surface area contributed by atoms with Crippen molar-refractivity contribution in [2.24, 2.45) is 0 Å². The number of ether oxygens (including phenoxy) is 1. The molecule has 2 rings (SSSR count). The summed E-state index contributed by atoms with van der Waals surface area (Å²) in [5.41, 5.74) is 0. The van der Waals surface area contributed by atoms with E-state index in [0.29, 0.717) is 6.10 Å². The molecule has 1 aliphatic carbocycles. The van der Waals surface area contributed by atoms with Gasteiger partial charge in [-0.3, -0.25) is 0 Å². The maximum Gasteiger partial charge on any atom is 0.0702 e. The molecule has 0 aromatic rings. The van der Waals surface area contributed by atoms with Crippen molar-refractivity contribution in [2.75, 3.05) is 32.8 Å². The summed E-state index contributed by atoms with van der Waals surface area (Å²) < 4.78 is 5.70. The summed E-state index contributed by atoms with van der Waals surface area (Å²) in [4.78, 5) is 2.55. The van der Waals surface area contributed by atoms with Gasteiger partial charge in [-0.05, 0) is 58.2 Å². The van der Waals surface area contributed by atoms with E-state index in [1.165, 1.54) is 51.6 Å². The predicted octanol–water partition coefficient (Wildman–Crippen LogP) is 2.02. The highest BCUT2D eigenvalue weighted by Gasteiger charge is 2.20. The molecule has 0 radical (unpaired) electrons. The van der Waals surface area contributed by atoms with Crippen molar-refractivity contribution in [3.05, 3.63) is 0 Å². The van der Waals surface area contributed by atoms with E-state index in [1.807, 2.05) is 0 Å². The van der Waals surface area contributed by atoms with Gasteiger partial charge in [-0.15, -0.1) is 0 Å². The normalized spacial score (nSPS) is 24.7. The zero-order valence-electron chi connectivity index (χ0n) is 11.3. The maximum atomic E-state index is 5.70. The Bertz CT molecular complexity index is 200. The highest BCUT2D eigenvalue weighted by molar-refractivity contribution is 4.80. The monoisotopic (exact) mass is 240 g/mol. The van der Waals surface area contributed by atoms with E-state index in [2.05, 4.69) is 17.1 Å². The number of hydrogen-bond donors (Lipinski definition) is 1. The van der Waals surface area contributed by atoms with E-state index in [9.17, 15) is 0 Å². The van der Waals surface area contributed by atoms with Gasteiger partial charge in [0.15, 0.2) is 0 Å². The van der Waals surface area contributed by atoms with E-state index in [1.54, 1.807) is 0 Å². The Morgan fingerprint density at radius 1 is 1.24 bits per heavy atom. The molecule has 1 unspecified atom stereocenters. The molecule has 0 amide bonds. The van der Waals surface area contributed by atoms with Crippen LogP contribution in [0.3, 0.4) is 0 Å². The molecule has 1 heterocycles. The molecule has 1 atom stereocenters. The Kier molecular flexibility index (Phi) is 5.75. The minimum absolute atomic E-state index is 0.513. The lowest BCUT2D eigenvalue weighted by Crippen LogP contribution is -2.33. The fourth-order valence-corrected chi connectivity index (χ4v) is 2.51. The molecule has 0 bridgehead atoms. The summed E-state index contributed by atoms with van der Waals surface area (Å²) in [5, 5.41) is 3.58. The van der Waals surface area contributed by atoms with Crippen LogP contribution in [0.2, 0.25) is 0 Å². The fraction of sp³-hybridized carbons (Fsp3) is 1.00. The van der Waals surface area contributed by atoms with Gasteiger partial charge in [-0.2, -0.15) is 0 Å². The van der Waals surface area contributed by atoms with Crippen LogP contribution in [-0.2, 0) is 4.74 Å². The smallest absolute Gasteiger partial charge is 0.0702 e. The average molecular weight is 240 g/mol. The minimum atomic E-state index is 0.513. The van der Waals surface area contributed by atoms with Crippen LogP contribution in [0.5, 0.6) is 0 Å². The second-order valence-corrected chi connectivity index (χ2v) is 5.46. The van der Waals surface area contributed by atoms with Gasteiger partial charge >= 0.3 is 0 Å². The molecular weight excluding hydrogens is 212 g/mol. The van der Waals surface area contributed by atoms with Gasteiger partial charge in [-0.1, -0.05) is 6.92 Å². The van der Waals surface area contributed by atoms with Crippen molar-refractivity contribution in [2.45, 2.75) is 57.6 Å². The molecule has 1 N–H and O–H groups in total. The lowest BCUT2D eigenvalue weighted by atomic mass is 10.2. The summed E-state index contributed by atoms with van der Waals surface area (Å²) in [5.74, 6) is 0. The molecular formula is C14H28N2O. The van der Waals surface area contributed by atoms with Gasteiger partial charge in [0, 0.05) is 19.2 Å². The number of unbranched alkanes of at least 4 members (excludes halogenated alkanes) is 1. The quantitative estimate of drug-likeness (QED) is 0.624. The zero-order chi connectivity index (χ0) is 11.9. The molecule has 1 aliphatic heterocycles. The highest BCUT2D eigenvalue weighted by atomic mass is 16.5. The summed E-state index contributed by atoms with van der Waals surface area (Å²) in [6.07, 6.45) is 8.48. The molecule has 0 aromatic heterocycles. The highest BCUT2D eigenvalue weighted by Crippen LogP contribution is 2.18. The van der Waals surface area contributed by atoms with E-state index in [4.69, 9.17) is 4.74 Å². The molecule has 3 heteroatoms. The van der Waals surface area contributed by atoms with E-state index in [-0.39, 0.29) is 0 Å². The maximum absolute atomic E-state index is 5.70. The SMILES string of the molecule is CCN(CCCCNC1CC1)CC1CCCO1. The Morgan fingerprint density at radius 2 is 2.12 bits per heavy atom. The number of likely N-dealkylation sites (N-methyl/N-ethyl adjacent to an activating group) is 1. The van der Waals surface area contributed by atoms with Gasteiger partial charge in [-0.25, -0.2) is 0 Å². The van der Waals surface area contributed by atoms with Gasteiger partial charge in [0.1, 0.15) is 0 Å². The van der Waals surface area contributed by atoms with E-state index >= 15 is 0 Å². The molecule has 17 heavy (non-hydrogen) atoms. The number of rotatable bonds is 9. The van der Waals surface area contributed by atoms with Gasteiger partial charge < -0.3 is 15.0 Å². The first kappa shape index (κ1) is 13.3. The van der Waals surface area contributed by atoms with Crippen LogP contribution >= 0.6 is 0 Å². The first-order chi connectivity index (χ1) is 8.38. The van der Waals surface area contributed by atoms with Crippen molar-refractivity contribution in [1.82, 2.24) is 10.2 Å². The standard InChI is InChI=1S/C14H28N2O/c1-2-16(12-14-6-5-11-17-14)10-4-3-9-15-13-7-8-13/h13-15H,2-12H2,1H3. The first-order valence-corrected chi connectivity index (χ1v) is 7.46. The van der Waals surface area contributed by atoms with Crippen LogP contribution in [0.4, 0.5) is 0 Å². The summed E-state index contributed by atoms with van der Waals surface area (Å²) in [7, 11) is 0. The van der Waals surface area contributed by atoms with Crippen LogP contribution in [0.15, 0.2) is 0 Å². The van der Waals surface area contributed by atoms with Crippen molar-refractivity contribution in [3.8, 4) is 0 Å². The lowest BCUT2D eigenvalue weighted by molar-refractivity contribution is 0.0743. The summed E-state index contributed by atoms with van der Waals surface area (Å²) >= 11 is 0. The Labute approximate surface area is 106 Å². The Morgan fingerprint density at radius 3 is 2.76 bits per heavy atom. The zero-order valence-corrected chi connectivity index (χ0v) is 11.3. The van der Waals surface area contributed by atoms with Crippen molar-refractivity contribution < 1.29 is 4.74 Å². The van der Waals surface area contributed by atoms with Gasteiger partial charge in [0.05, 0.1) is 6.10 Å². The molecule has 2 aliphatic rings. The van der Waals surface area contributed by atoms with Crippen molar-refractivity contribution >= 4 is 0 Å². The molecule has 100 valence electrons. The molecule has 0 spiro atoms. The third kappa shape index (κ3) is 5.36. The second kappa shape index (κ2) is 7.34. The van der Waals surface area contributed by atoms with E-state index in [0.717, 1.165) is 25.7 Å². The largest absolute Gasteiger partial charge is 0.377 e. The first-order valence-electron chi connectivity index (χ1n) is 7.46. The summed E-state index contributed by atoms with van der Waals surface area (Å²) in [6.45, 7) is 8.00. The molecule has 1 saturated carbocycles. The summed E-state index contributed by atoms with van der Waals surface area (Å²) in [6, 6.07) is 0.865. The third-order valence-corrected chi connectivity index (χ3v) is 3.84. The van der Waals surface area contributed by atoms with Crippen LogP contribution in [-0.4, -0.2) is 49.8 Å². The topological polar surface area (TPSA) is 24.5 Å². The van der Waals surface area contributed by atoms with Crippen LogP contribution in [0.1, 0.15) is 45.4 Å². The fourth-order valence-electron chi connectivity index (χ4n) is 2.51. The number of nitrogens with one attached hydrogen (secondary N) is 1. The molecule has 0 aromatic carbocycles. The molecule has 3 nitrogen and oxygen atoms in total. The van der Waals surface area contributed by atoms with E-state index < -0.39 is 0 Å². The molecule has 2 fully saturated rings. The number of nitrogens with zero attached hydrogens (tertiary/aromatic N) is 1. The van der Waals surface area contributed by atoms with Gasteiger partial charge in [0.25, 0.3) is 0 Å². The number of hydrogen-bond acceptors (Lipinski definition) is 3. The molecule has 1 saturated heterocycles. The van der Waals surface area contributed by atoms with Crippen LogP contribution < -0.4 is 5.32 Å². The third-order valence-electron chi connectivity index (χ3n) is 3.84. The van der Waals surface area contributed by atoms with Gasteiger partial charge in [0.2, 0.25) is 0 Å². The van der Waals surface area contributed by atoms with Crippen molar-refractivity contribution in [1.29, 1.82) is 0 Å².